The van der Waals surface area contributed by atoms with Crippen LogP contribution in [-0.4, -0.2) is 10.9 Å². The molecule has 0 spiro atoms. The normalized spacial score (nSPS) is 13.9. The number of nitrogens with one attached hydrogen (secondary N) is 1. The van der Waals surface area contributed by atoms with Crippen LogP contribution in [-0.2, 0) is 4.79 Å². The Bertz CT molecular complexity index is 639. The Morgan fingerprint density at radius 3 is 2.73 bits per heavy atom. The second-order valence-electron chi connectivity index (χ2n) is 3.39. The van der Waals surface area contributed by atoms with Gasteiger partial charge in [-0.1, -0.05) is 18.2 Å². The highest BCUT2D eigenvalue weighted by Gasteiger charge is 2.17. The fourth-order valence-electron chi connectivity index (χ4n) is 1.81. The Balaban J connectivity index is 2.43. The zero-order valence-corrected chi connectivity index (χ0v) is 7.90. The Kier molecular flexibility index (Phi) is 1.59. The maximum atomic E-state index is 11.7. The summed E-state index contributed by atoms with van der Waals surface area (Å²) in [5.74, 6) is -0.168. The third kappa shape index (κ3) is 1.13. The van der Waals surface area contributed by atoms with Gasteiger partial charge >= 0.3 is 0 Å². The molecular formula is C12H8N2O. The predicted octanol–water partition coefficient (Wildman–Crippen LogP) is 0.373. The maximum Gasteiger partial charge on any atom is 0.280 e. The maximum absolute atomic E-state index is 11.7. The van der Waals surface area contributed by atoms with Crippen molar-refractivity contribution in [2.45, 2.75) is 0 Å². The summed E-state index contributed by atoms with van der Waals surface area (Å²) in [4.78, 5) is 18.7. The van der Waals surface area contributed by atoms with Crippen LogP contribution in [0.15, 0.2) is 47.6 Å². The van der Waals surface area contributed by atoms with E-state index in [2.05, 4.69) is 9.98 Å². The molecule has 1 aromatic heterocycles. The summed E-state index contributed by atoms with van der Waals surface area (Å²) in [5.41, 5.74) is 1.49. The van der Waals surface area contributed by atoms with Crippen LogP contribution < -0.4 is 10.6 Å². The minimum atomic E-state index is -0.168. The first-order chi connectivity index (χ1) is 7.36. The molecule has 0 bridgehead atoms. The number of para-hydroxylation sites is 1. The van der Waals surface area contributed by atoms with Crippen molar-refractivity contribution in [2.24, 2.45) is 4.99 Å². The van der Waals surface area contributed by atoms with Gasteiger partial charge in [-0.05, 0) is 18.2 Å². The zero-order chi connectivity index (χ0) is 10.3. The van der Waals surface area contributed by atoms with E-state index in [-0.39, 0.29) is 5.91 Å². The van der Waals surface area contributed by atoms with Crippen molar-refractivity contribution in [3.05, 3.63) is 58.9 Å². The van der Waals surface area contributed by atoms with Crippen molar-refractivity contribution in [1.82, 2.24) is 4.98 Å². The van der Waals surface area contributed by atoms with Crippen LogP contribution in [0.25, 0.3) is 5.57 Å². The number of hydrogen-bond acceptors (Lipinski definition) is 1. The molecule has 3 heteroatoms. The number of rotatable bonds is 1. The Hall–Kier alpha value is -2.16. The molecule has 0 atom stereocenters. The van der Waals surface area contributed by atoms with Crippen molar-refractivity contribution in [3.8, 4) is 0 Å². The van der Waals surface area contributed by atoms with Gasteiger partial charge in [-0.3, -0.25) is 4.79 Å². The van der Waals surface area contributed by atoms with Crippen LogP contribution in [0.5, 0.6) is 0 Å². The molecule has 1 aliphatic heterocycles. The number of aromatic amines is 1. The summed E-state index contributed by atoms with van der Waals surface area (Å²) in [6.07, 6.45) is 1.80. The summed E-state index contributed by atoms with van der Waals surface area (Å²) < 4.78 is 0. The van der Waals surface area contributed by atoms with Crippen LogP contribution in [0.3, 0.4) is 0 Å². The predicted molar refractivity (Wildman–Crippen MR) is 55.5 cm³/mol. The first kappa shape index (κ1) is 8.17. The second kappa shape index (κ2) is 2.92. The van der Waals surface area contributed by atoms with Crippen LogP contribution in [0.2, 0.25) is 0 Å². The van der Waals surface area contributed by atoms with Crippen molar-refractivity contribution in [3.63, 3.8) is 0 Å². The van der Waals surface area contributed by atoms with E-state index in [1.165, 1.54) is 0 Å². The molecule has 1 amide bonds. The number of carbonyl (C=O) groups excluding carboxylic acids is 1. The fourth-order valence-corrected chi connectivity index (χ4v) is 1.81. The van der Waals surface area contributed by atoms with Gasteiger partial charge in [-0.15, -0.1) is 0 Å². The lowest BCUT2D eigenvalue weighted by molar-refractivity contribution is -0.112. The van der Waals surface area contributed by atoms with E-state index >= 15 is 0 Å². The van der Waals surface area contributed by atoms with Crippen LogP contribution in [0.4, 0.5) is 0 Å². The molecule has 72 valence electrons. The van der Waals surface area contributed by atoms with Gasteiger partial charge in [0, 0.05) is 11.4 Å². The number of aromatic nitrogens is 1. The standard InChI is InChI=1S/C12H8N2O/c15-12-11(10-6-3-7-13-10)8-4-1-2-5-9(8)14-12/h1-7,13H. The highest BCUT2D eigenvalue weighted by Crippen LogP contribution is 2.11. The van der Waals surface area contributed by atoms with E-state index in [4.69, 9.17) is 0 Å². The number of fused-ring (bicyclic) bond motifs is 1. The molecule has 3 nitrogen and oxygen atoms in total. The van der Waals surface area contributed by atoms with Crippen molar-refractivity contribution < 1.29 is 4.79 Å². The van der Waals surface area contributed by atoms with E-state index < -0.39 is 0 Å². The summed E-state index contributed by atoms with van der Waals surface area (Å²) in [6.45, 7) is 0. The van der Waals surface area contributed by atoms with Gasteiger partial charge in [-0.25, -0.2) is 4.99 Å². The van der Waals surface area contributed by atoms with E-state index in [1.807, 2.05) is 36.4 Å². The summed E-state index contributed by atoms with van der Waals surface area (Å²) in [5, 5.41) is 1.66. The molecule has 1 aromatic carbocycles. The first-order valence-electron chi connectivity index (χ1n) is 4.72. The third-order valence-electron chi connectivity index (χ3n) is 2.48. The number of carbonyl (C=O) groups is 1. The Morgan fingerprint density at radius 2 is 1.93 bits per heavy atom. The average Bonchev–Trinajstić information content (AvgIpc) is 2.82. The number of hydrogen-bond donors (Lipinski definition) is 1. The van der Waals surface area contributed by atoms with Gasteiger partial charge in [-0.2, -0.15) is 0 Å². The number of nitrogens with zero attached hydrogens (tertiary/aromatic N) is 1. The van der Waals surface area contributed by atoms with Gasteiger partial charge in [0.1, 0.15) is 0 Å². The Morgan fingerprint density at radius 1 is 1.07 bits per heavy atom. The summed E-state index contributed by atoms with van der Waals surface area (Å²) in [7, 11) is 0. The molecule has 1 N–H and O–H groups in total. The number of H-pyrrole nitrogens is 1. The first-order valence-corrected chi connectivity index (χ1v) is 4.72. The molecule has 2 heterocycles. The molecule has 0 radical (unpaired) electrons. The quantitative estimate of drug-likeness (QED) is 0.703. The SMILES string of the molecule is O=C1N=c2ccccc2=C1c1ccc[nH]1. The van der Waals surface area contributed by atoms with Crippen molar-refractivity contribution >= 4 is 11.5 Å². The number of amides is 1. The molecule has 0 unspecified atom stereocenters. The van der Waals surface area contributed by atoms with E-state index in [0.29, 0.717) is 5.57 Å². The molecule has 15 heavy (non-hydrogen) atoms. The van der Waals surface area contributed by atoms with E-state index in [9.17, 15) is 4.79 Å². The highest BCUT2D eigenvalue weighted by atomic mass is 16.1. The molecule has 0 saturated heterocycles. The molecule has 3 rings (SSSR count). The Labute approximate surface area is 85.8 Å². The zero-order valence-electron chi connectivity index (χ0n) is 7.90. The van der Waals surface area contributed by atoms with Crippen LogP contribution in [0.1, 0.15) is 5.69 Å². The van der Waals surface area contributed by atoms with Crippen LogP contribution in [0, 0.1) is 0 Å². The van der Waals surface area contributed by atoms with Gasteiger partial charge in [0.25, 0.3) is 5.91 Å². The molecule has 0 saturated carbocycles. The molecule has 0 fully saturated rings. The topological polar surface area (TPSA) is 45.2 Å². The molecular weight excluding hydrogens is 188 g/mol. The lowest BCUT2D eigenvalue weighted by Crippen LogP contribution is -2.22. The summed E-state index contributed by atoms with van der Waals surface area (Å²) >= 11 is 0. The lowest BCUT2D eigenvalue weighted by Gasteiger charge is -1.94. The molecule has 2 aromatic rings. The van der Waals surface area contributed by atoms with Gasteiger partial charge < -0.3 is 4.98 Å². The fraction of sp³-hybridized carbons (Fsp3) is 0. The van der Waals surface area contributed by atoms with Gasteiger partial charge in [0.05, 0.1) is 16.6 Å². The minimum Gasteiger partial charge on any atom is -0.361 e. The van der Waals surface area contributed by atoms with E-state index in [1.54, 1.807) is 6.20 Å². The lowest BCUT2D eigenvalue weighted by atomic mass is 10.1. The van der Waals surface area contributed by atoms with Crippen LogP contribution >= 0.6 is 0 Å². The van der Waals surface area contributed by atoms with E-state index in [0.717, 1.165) is 16.3 Å². The average molecular weight is 196 g/mol. The van der Waals surface area contributed by atoms with Crippen molar-refractivity contribution in [1.29, 1.82) is 0 Å². The van der Waals surface area contributed by atoms with Crippen molar-refractivity contribution in [2.75, 3.05) is 0 Å². The smallest absolute Gasteiger partial charge is 0.280 e. The van der Waals surface area contributed by atoms with Gasteiger partial charge in [0.15, 0.2) is 0 Å². The second-order valence-corrected chi connectivity index (χ2v) is 3.39. The van der Waals surface area contributed by atoms with Gasteiger partial charge in [0.2, 0.25) is 0 Å². The molecule has 1 aliphatic rings. The monoisotopic (exact) mass is 196 g/mol. The summed E-state index contributed by atoms with van der Waals surface area (Å²) in [6, 6.07) is 11.3. The third-order valence-corrected chi connectivity index (χ3v) is 2.48. The minimum absolute atomic E-state index is 0.168. The highest BCUT2D eigenvalue weighted by molar-refractivity contribution is 6.20. The largest absolute Gasteiger partial charge is 0.361 e. The number of benzene rings is 1. The molecule has 0 aliphatic carbocycles.